The molecule has 6 heteroatoms. The molecule has 22 heavy (non-hydrogen) atoms. The molecule has 0 aromatic heterocycles. The van der Waals surface area contributed by atoms with Gasteiger partial charge in [-0.3, -0.25) is 14.4 Å². The van der Waals surface area contributed by atoms with Gasteiger partial charge in [-0.25, -0.2) is 0 Å². The summed E-state index contributed by atoms with van der Waals surface area (Å²) in [5.74, 6) is -1.40. The summed E-state index contributed by atoms with van der Waals surface area (Å²) in [7, 11) is 0. The Morgan fingerprint density at radius 2 is 1.82 bits per heavy atom. The number of aliphatic carboxylic acids is 1. The number of carboxylic acid groups (broad SMARTS) is 1. The lowest BCUT2D eigenvalue weighted by Gasteiger charge is -2.21. The van der Waals surface area contributed by atoms with E-state index in [0.717, 1.165) is 5.56 Å². The molecule has 1 aromatic rings. The van der Waals surface area contributed by atoms with Crippen LogP contribution in [0.1, 0.15) is 31.7 Å². The number of rotatable bonds is 9. The summed E-state index contributed by atoms with van der Waals surface area (Å²) in [6, 6.07) is 9.23. The highest BCUT2D eigenvalue weighted by molar-refractivity contribution is 5.82. The van der Waals surface area contributed by atoms with Gasteiger partial charge in [0.25, 0.3) is 0 Å². The molecular weight excluding hydrogens is 284 g/mol. The number of carbonyl (C=O) groups is 3. The molecule has 0 unspecified atom stereocenters. The fourth-order valence-corrected chi connectivity index (χ4v) is 2.04. The van der Waals surface area contributed by atoms with Crippen molar-refractivity contribution in [1.82, 2.24) is 10.2 Å². The molecule has 2 N–H and O–H groups in total. The number of nitrogens with one attached hydrogen (secondary N) is 1. The summed E-state index contributed by atoms with van der Waals surface area (Å²) in [6.45, 7) is 2.31. The summed E-state index contributed by atoms with van der Waals surface area (Å²) < 4.78 is 0. The van der Waals surface area contributed by atoms with E-state index in [-0.39, 0.29) is 37.7 Å². The van der Waals surface area contributed by atoms with Crippen LogP contribution in [0, 0.1) is 0 Å². The molecular formula is C16H22N2O4. The van der Waals surface area contributed by atoms with Crippen LogP contribution in [-0.4, -0.2) is 40.9 Å². The zero-order valence-electron chi connectivity index (χ0n) is 12.7. The lowest BCUT2D eigenvalue weighted by Crippen LogP contribution is -2.35. The smallest absolute Gasteiger partial charge is 0.323 e. The Morgan fingerprint density at radius 1 is 1.14 bits per heavy atom. The van der Waals surface area contributed by atoms with Crippen molar-refractivity contribution in [3.05, 3.63) is 35.9 Å². The number of benzene rings is 1. The fraction of sp³-hybridized carbons (Fsp3) is 0.438. The van der Waals surface area contributed by atoms with Gasteiger partial charge in [-0.15, -0.1) is 0 Å². The van der Waals surface area contributed by atoms with E-state index in [1.165, 1.54) is 4.90 Å². The van der Waals surface area contributed by atoms with E-state index in [2.05, 4.69) is 5.32 Å². The molecule has 0 atom stereocenters. The molecule has 0 fully saturated rings. The van der Waals surface area contributed by atoms with Crippen molar-refractivity contribution < 1.29 is 19.5 Å². The molecule has 0 bridgehead atoms. The molecule has 0 aliphatic heterocycles. The Hall–Kier alpha value is -2.37. The first kappa shape index (κ1) is 17.7. The Morgan fingerprint density at radius 3 is 2.41 bits per heavy atom. The van der Waals surface area contributed by atoms with Gasteiger partial charge in [0.2, 0.25) is 11.8 Å². The van der Waals surface area contributed by atoms with Gasteiger partial charge in [-0.1, -0.05) is 30.3 Å². The molecule has 1 rings (SSSR count). The largest absolute Gasteiger partial charge is 0.480 e. The van der Waals surface area contributed by atoms with Crippen molar-refractivity contribution in [3.8, 4) is 0 Å². The molecule has 120 valence electrons. The van der Waals surface area contributed by atoms with E-state index >= 15 is 0 Å². The first-order valence-electron chi connectivity index (χ1n) is 7.33. The fourth-order valence-electron chi connectivity index (χ4n) is 2.04. The van der Waals surface area contributed by atoms with Crippen LogP contribution in [0.5, 0.6) is 0 Å². The molecule has 0 radical (unpaired) electrons. The number of hydrogen-bond acceptors (Lipinski definition) is 3. The van der Waals surface area contributed by atoms with E-state index in [0.29, 0.717) is 13.0 Å². The Bertz CT molecular complexity index is 502. The third-order valence-corrected chi connectivity index (χ3v) is 3.06. The highest BCUT2D eigenvalue weighted by Crippen LogP contribution is 2.08. The average Bonchev–Trinajstić information content (AvgIpc) is 2.47. The minimum Gasteiger partial charge on any atom is -0.480 e. The summed E-state index contributed by atoms with van der Waals surface area (Å²) in [5.41, 5.74) is 0.876. The standard InChI is InChI=1S/C16H22N2O4/c1-2-17-14(19)9-6-10-15(20)18(12-16(21)22)11-13-7-4-3-5-8-13/h3-5,7-8H,2,6,9-12H2,1H3,(H,17,19)(H,21,22). The van der Waals surface area contributed by atoms with Crippen LogP contribution in [0.3, 0.4) is 0 Å². The maximum absolute atomic E-state index is 12.2. The second kappa shape index (κ2) is 9.55. The van der Waals surface area contributed by atoms with Crippen LogP contribution >= 0.6 is 0 Å². The third kappa shape index (κ3) is 6.88. The van der Waals surface area contributed by atoms with E-state index in [1.54, 1.807) is 0 Å². The Kier molecular flexibility index (Phi) is 7.67. The van der Waals surface area contributed by atoms with Crippen LogP contribution in [0.25, 0.3) is 0 Å². The molecule has 6 nitrogen and oxygen atoms in total. The quantitative estimate of drug-likeness (QED) is 0.722. The third-order valence-electron chi connectivity index (χ3n) is 3.06. The van der Waals surface area contributed by atoms with Crippen molar-refractivity contribution in [3.63, 3.8) is 0 Å². The maximum Gasteiger partial charge on any atom is 0.323 e. The minimum absolute atomic E-state index is 0.0943. The lowest BCUT2D eigenvalue weighted by molar-refractivity contribution is -0.145. The van der Waals surface area contributed by atoms with E-state index in [4.69, 9.17) is 5.11 Å². The van der Waals surface area contributed by atoms with Crippen molar-refractivity contribution in [2.24, 2.45) is 0 Å². The van der Waals surface area contributed by atoms with Crippen molar-refractivity contribution in [2.45, 2.75) is 32.7 Å². The van der Waals surface area contributed by atoms with Crippen molar-refractivity contribution in [1.29, 1.82) is 0 Å². The lowest BCUT2D eigenvalue weighted by atomic mass is 10.1. The number of carboxylic acids is 1. The first-order chi connectivity index (χ1) is 10.5. The summed E-state index contributed by atoms with van der Waals surface area (Å²) >= 11 is 0. The number of amides is 2. The molecule has 1 aromatic carbocycles. The molecule has 0 saturated carbocycles. The highest BCUT2D eigenvalue weighted by Gasteiger charge is 2.17. The van der Waals surface area contributed by atoms with Crippen molar-refractivity contribution >= 4 is 17.8 Å². The molecule has 0 spiro atoms. The second-order valence-electron chi connectivity index (χ2n) is 4.94. The zero-order chi connectivity index (χ0) is 16.4. The van der Waals surface area contributed by atoms with Gasteiger partial charge >= 0.3 is 5.97 Å². The summed E-state index contributed by atoms with van der Waals surface area (Å²) in [5, 5.41) is 11.6. The summed E-state index contributed by atoms with van der Waals surface area (Å²) in [6.07, 6.45) is 0.846. The first-order valence-corrected chi connectivity index (χ1v) is 7.33. The van der Waals surface area contributed by atoms with E-state index in [1.807, 2.05) is 37.3 Å². The molecule has 0 aliphatic carbocycles. The molecule has 2 amide bonds. The van der Waals surface area contributed by atoms with Gasteiger partial charge in [0, 0.05) is 25.9 Å². The van der Waals surface area contributed by atoms with E-state index in [9.17, 15) is 14.4 Å². The van der Waals surface area contributed by atoms with Crippen LogP contribution in [0.4, 0.5) is 0 Å². The monoisotopic (exact) mass is 306 g/mol. The zero-order valence-corrected chi connectivity index (χ0v) is 12.7. The normalized spacial score (nSPS) is 10.0. The number of nitrogens with zero attached hydrogens (tertiary/aromatic N) is 1. The predicted octanol–water partition coefficient (Wildman–Crippen LogP) is 1.41. The highest BCUT2D eigenvalue weighted by atomic mass is 16.4. The number of carbonyl (C=O) groups excluding carboxylic acids is 2. The van der Waals surface area contributed by atoms with Crippen LogP contribution in [0.15, 0.2) is 30.3 Å². The van der Waals surface area contributed by atoms with Crippen LogP contribution < -0.4 is 5.32 Å². The molecule has 0 heterocycles. The SMILES string of the molecule is CCNC(=O)CCCC(=O)N(CC(=O)O)Cc1ccccc1. The maximum atomic E-state index is 12.2. The van der Waals surface area contributed by atoms with Crippen LogP contribution in [0.2, 0.25) is 0 Å². The van der Waals surface area contributed by atoms with Crippen molar-refractivity contribution in [2.75, 3.05) is 13.1 Å². The number of hydrogen-bond donors (Lipinski definition) is 2. The second-order valence-corrected chi connectivity index (χ2v) is 4.94. The molecule has 0 saturated heterocycles. The predicted molar refractivity (Wildman–Crippen MR) is 82.0 cm³/mol. The minimum atomic E-state index is -1.05. The topological polar surface area (TPSA) is 86.7 Å². The van der Waals surface area contributed by atoms with Crippen LogP contribution in [-0.2, 0) is 20.9 Å². The summed E-state index contributed by atoms with van der Waals surface area (Å²) in [4.78, 5) is 35.7. The Balaban J connectivity index is 2.53. The van der Waals surface area contributed by atoms with E-state index < -0.39 is 5.97 Å². The Labute approximate surface area is 130 Å². The van der Waals surface area contributed by atoms with Gasteiger partial charge in [-0.05, 0) is 18.9 Å². The van der Waals surface area contributed by atoms with Gasteiger partial charge in [-0.2, -0.15) is 0 Å². The average molecular weight is 306 g/mol. The van der Waals surface area contributed by atoms with Gasteiger partial charge in [0.05, 0.1) is 0 Å². The van der Waals surface area contributed by atoms with Gasteiger partial charge < -0.3 is 15.3 Å². The molecule has 0 aliphatic rings. The van der Waals surface area contributed by atoms with Gasteiger partial charge in [0.15, 0.2) is 0 Å². The van der Waals surface area contributed by atoms with Gasteiger partial charge in [0.1, 0.15) is 6.54 Å².